The van der Waals surface area contributed by atoms with E-state index >= 15 is 0 Å². The van der Waals surface area contributed by atoms with Crippen molar-refractivity contribution >= 4 is 28.2 Å². The van der Waals surface area contributed by atoms with Gasteiger partial charge in [0.2, 0.25) is 0 Å². The Kier molecular flexibility index (Phi) is 6.45. The molecule has 2 atom stereocenters. The maximum absolute atomic E-state index is 13.0. The van der Waals surface area contributed by atoms with Crippen molar-refractivity contribution in [3.63, 3.8) is 0 Å². The van der Waals surface area contributed by atoms with Gasteiger partial charge < -0.3 is 4.98 Å². The van der Waals surface area contributed by atoms with E-state index in [1.165, 1.54) is 10.9 Å². The molecule has 160 valence electrons. The highest BCUT2D eigenvalue weighted by Crippen LogP contribution is 2.33. The Morgan fingerprint density at radius 2 is 1.81 bits per heavy atom. The molecule has 3 aromatic rings. The van der Waals surface area contributed by atoms with Gasteiger partial charge in [0.15, 0.2) is 0 Å². The summed E-state index contributed by atoms with van der Waals surface area (Å²) in [6, 6.07) is 18.4. The summed E-state index contributed by atoms with van der Waals surface area (Å²) < 4.78 is 0. The van der Waals surface area contributed by atoms with Crippen LogP contribution in [0.2, 0.25) is 0 Å². The summed E-state index contributed by atoms with van der Waals surface area (Å²) in [4.78, 5) is 34.1. The first-order valence-electron chi connectivity index (χ1n) is 11.3. The maximum Gasteiger partial charge on any atom is 0.149 e. The molecule has 0 spiro atoms. The summed E-state index contributed by atoms with van der Waals surface area (Å²) in [5.74, 6) is -0.487. The molecule has 0 unspecified atom stereocenters. The fourth-order valence-electron chi connectivity index (χ4n) is 4.83. The van der Waals surface area contributed by atoms with E-state index in [0.717, 1.165) is 35.3 Å². The summed E-state index contributed by atoms with van der Waals surface area (Å²) >= 11 is 0. The molecule has 1 fully saturated rings. The smallest absolute Gasteiger partial charge is 0.149 e. The van der Waals surface area contributed by atoms with Gasteiger partial charge in [0.25, 0.3) is 0 Å². The molecule has 1 heterocycles. The standard InChI is InChI=1S/C27H30N2O2/c1-3-9-25(30)27-24(16-20(17-26(27)31)19-10-5-4-6-11-19)28-15-14-21-18(2)29-23-13-8-7-12-22(21)23/h4-8,10-13,20,27,29H,3,9,14-17H2,1-2H3/t20-,27+/m1/s1. The van der Waals surface area contributed by atoms with Crippen LogP contribution in [0.1, 0.15) is 55.3 Å². The van der Waals surface area contributed by atoms with Crippen molar-refractivity contribution in [3.8, 4) is 0 Å². The summed E-state index contributed by atoms with van der Waals surface area (Å²) in [6.07, 6.45) is 3.09. The van der Waals surface area contributed by atoms with Crippen molar-refractivity contribution in [3.05, 3.63) is 71.4 Å². The van der Waals surface area contributed by atoms with Gasteiger partial charge in [-0.2, -0.15) is 0 Å². The summed E-state index contributed by atoms with van der Waals surface area (Å²) in [7, 11) is 0. The van der Waals surface area contributed by atoms with Gasteiger partial charge in [-0.05, 0) is 49.3 Å². The lowest BCUT2D eigenvalue weighted by molar-refractivity contribution is -0.130. The van der Waals surface area contributed by atoms with Crippen molar-refractivity contribution in [1.29, 1.82) is 0 Å². The molecule has 1 saturated carbocycles. The molecule has 1 aliphatic rings. The third-order valence-corrected chi connectivity index (χ3v) is 6.35. The molecule has 1 aliphatic carbocycles. The molecule has 0 aliphatic heterocycles. The Morgan fingerprint density at radius 1 is 1.06 bits per heavy atom. The number of H-pyrrole nitrogens is 1. The van der Waals surface area contributed by atoms with Gasteiger partial charge in [0, 0.05) is 41.7 Å². The summed E-state index contributed by atoms with van der Waals surface area (Å²) in [6.45, 7) is 4.66. The van der Waals surface area contributed by atoms with E-state index in [4.69, 9.17) is 4.99 Å². The minimum atomic E-state index is -0.649. The lowest BCUT2D eigenvalue weighted by Crippen LogP contribution is -2.38. The lowest BCUT2D eigenvalue weighted by atomic mass is 9.74. The Morgan fingerprint density at radius 3 is 2.58 bits per heavy atom. The number of Topliss-reactive ketones (excluding diaryl/α,β-unsaturated/α-hetero) is 2. The van der Waals surface area contributed by atoms with Crippen LogP contribution >= 0.6 is 0 Å². The van der Waals surface area contributed by atoms with E-state index in [9.17, 15) is 9.59 Å². The number of aromatic nitrogens is 1. The van der Waals surface area contributed by atoms with Crippen LogP contribution in [0, 0.1) is 12.8 Å². The number of aromatic amines is 1. The van der Waals surface area contributed by atoms with Crippen LogP contribution in [-0.2, 0) is 16.0 Å². The number of nitrogens with one attached hydrogen (secondary N) is 1. The fraction of sp³-hybridized carbons (Fsp3) is 0.370. The van der Waals surface area contributed by atoms with E-state index in [1.807, 2.05) is 31.2 Å². The van der Waals surface area contributed by atoms with E-state index in [0.29, 0.717) is 25.8 Å². The number of aliphatic imine (C=N–C) groups is 1. The van der Waals surface area contributed by atoms with Gasteiger partial charge in [0.1, 0.15) is 17.5 Å². The van der Waals surface area contributed by atoms with E-state index in [2.05, 4.69) is 42.2 Å². The second kappa shape index (κ2) is 9.42. The molecule has 1 aromatic heterocycles. The molecular formula is C27H30N2O2. The number of carbonyl (C=O) groups excluding carboxylic acids is 2. The van der Waals surface area contributed by atoms with E-state index < -0.39 is 5.92 Å². The molecule has 31 heavy (non-hydrogen) atoms. The van der Waals surface area contributed by atoms with E-state index in [-0.39, 0.29) is 17.5 Å². The summed E-state index contributed by atoms with van der Waals surface area (Å²) in [5.41, 5.74) is 5.48. The van der Waals surface area contributed by atoms with Crippen molar-refractivity contribution < 1.29 is 9.59 Å². The van der Waals surface area contributed by atoms with Crippen molar-refractivity contribution in [2.24, 2.45) is 10.9 Å². The molecule has 4 rings (SSSR count). The molecule has 2 aromatic carbocycles. The Balaban J connectivity index is 1.58. The third-order valence-electron chi connectivity index (χ3n) is 6.35. The predicted molar refractivity (Wildman–Crippen MR) is 126 cm³/mol. The van der Waals surface area contributed by atoms with Crippen molar-refractivity contribution in [2.45, 2.75) is 51.9 Å². The van der Waals surface area contributed by atoms with Crippen LogP contribution in [0.15, 0.2) is 59.6 Å². The highest BCUT2D eigenvalue weighted by Gasteiger charge is 2.38. The predicted octanol–water partition coefficient (Wildman–Crippen LogP) is 5.59. The number of fused-ring (bicyclic) bond motifs is 1. The quantitative estimate of drug-likeness (QED) is 0.512. The SMILES string of the molecule is CCCC(=O)[C@H]1C(=O)C[C@H](c2ccccc2)CC1=NCCc1c(C)[nH]c2ccccc12. The zero-order chi connectivity index (χ0) is 21.8. The molecule has 0 radical (unpaired) electrons. The average molecular weight is 415 g/mol. The van der Waals surface area contributed by atoms with Gasteiger partial charge in [-0.3, -0.25) is 14.6 Å². The Bertz CT molecular complexity index is 1110. The Hall–Kier alpha value is -3.01. The molecule has 0 bridgehead atoms. The van der Waals surface area contributed by atoms with Crippen LogP contribution in [0.5, 0.6) is 0 Å². The molecule has 4 heteroatoms. The number of para-hydroxylation sites is 1. The highest BCUT2D eigenvalue weighted by molar-refractivity contribution is 6.22. The highest BCUT2D eigenvalue weighted by atomic mass is 16.2. The maximum atomic E-state index is 13.0. The van der Waals surface area contributed by atoms with Crippen molar-refractivity contribution in [1.82, 2.24) is 4.98 Å². The topological polar surface area (TPSA) is 62.3 Å². The molecule has 0 saturated heterocycles. The van der Waals surface area contributed by atoms with Crippen molar-refractivity contribution in [2.75, 3.05) is 6.54 Å². The van der Waals surface area contributed by atoms with Gasteiger partial charge in [-0.15, -0.1) is 0 Å². The fourth-order valence-corrected chi connectivity index (χ4v) is 4.83. The first-order chi connectivity index (χ1) is 15.1. The zero-order valence-corrected chi connectivity index (χ0v) is 18.4. The number of nitrogens with zero attached hydrogens (tertiary/aromatic N) is 1. The Labute approximate surface area is 183 Å². The van der Waals surface area contributed by atoms with Crippen LogP contribution in [0.3, 0.4) is 0 Å². The van der Waals surface area contributed by atoms with Crippen LogP contribution in [0.25, 0.3) is 10.9 Å². The minimum Gasteiger partial charge on any atom is -0.358 e. The second-order valence-corrected chi connectivity index (χ2v) is 8.53. The number of hydrogen-bond acceptors (Lipinski definition) is 3. The molecule has 1 N–H and O–H groups in total. The molecule has 4 nitrogen and oxygen atoms in total. The second-order valence-electron chi connectivity index (χ2n) is 8.53. The minimum absolute atomic E-state index is 0.0283. The van der Waals surface area contributed by atoms with E-state index in [1.54, 1.807) is 0 Å². The number of ketones is 2. The number of rotatable bonds is 7. The molecule has 0 amide bonds. The van der Waals surface area contributed by atoms with Gasteiger partial charge in [0.05, 0.1) is 0 Å². The molecular weight excluding hydrogens is 384 g/mol. The van der Waals surface area contributed by atoms with Crippen LogP contribution in [0.4, 0.5) is 0 Å². The van der Waals surface area contributed by atoms with Crippen LogP contribution in [-0.4, -0.2) is 28.8 Å². The first-order valence-corrected chi connectivity index (χ1v) is 11.3. The number of benzene rings is 2. The van der Waals surface area contributed by atoms with Gasteiger partial charge >= 0.3 is 0 Å². The zero-order valence-electron chi connectivity index (χ0n) is 18.4. The first kappa shape index (κ1) is 21.2. The van der Waals surface area contributed by atoms with Gasteiger partial charge in [-0.25, -0.2) is 0 Å². The van der Waals surface area contributed by atoms with Gasteiger partial charge in [-0.1, -0.05) is 55.5 Å². The number of hydrogen-bond donors (Lipinski definition) is 1. The third kappa shape index (κ3) is 4.53. The largest absolute Gasteiger partial charge is 0.358 e. The van der Waals surface area contributed by atoms with Crippen LogP contribution < -0.4 is 0 Å². The monoisotopic (exact) mass is 414 g/mol. The normalized spacial score (nSPS) is 20.5. The number of carbonyl (C=O) groups is 2. The lowest BCUT2D eigenvalue weighted by Gasteiger charge is -2.29. The summed E-state index contributed by atoms with van der Waals surface area (Å²) in [5, 5.41) is 1.22. The average Bonchev–Trinajstić information content (AvgIpc) is 3.09. The number of aryl methyl sites for hydroxylation is 1.